The van der Waals surface area contributed by atoms with Gasteiger partial charge in [0, 0.05) is 0 Å². The van der Waals surface area contributed by atoms with Crippen molar-refractivity contribution in [1.82, 2.24) is 9.13 Å². The van der Waals surface area contributed by atoms with E-state index in [1.54, 1.807) is 21.3 Å². The van der Waals surface area contributed by atoms with E-state index in [9.17, 15) is 10.1 Å². The molecule has 0 radical (unpaired) electrons. The van der Waals surface area contributed by atoms with Crippen LogP contribution in [0.3, 0.4) is 0 Å². The number of fused-ring (bicyclic) bond motifs is 1. The zero-order chi connectivity index (χ0) is 20.5. The Bertz CT molecular complexity index is 1110. The van der Waals surface area contributed by atoms with Crippen LogP contribution in [0.25, 0.3) is 11.0 Å². The SMILES string of the molecule is C[Si](C)(C)OC(C#N)Cn1c(=O)n(Cc2ccc(Cl)c(Cl)c2)c2ccccc21. The Morgan fingerprint density at radius 3 is 2.29 bits per heavy atom. The zero-order valence-electron chi connectivity index (χ0n) is 15.9. The third-order valence-electron chi connectivity index (χ3n) is 4.24. The maximum absolute atomic E-state index is 13.2. The van der Waals surface area contributed by atoms with Crippen LogP contribution in [0.5, 0.6) is 0 Å². The van der Waals surface area contributed by atoms with E-state index in [0.717, 1.165) is 16.6 Å². The van der Waals surface area contributed by atoms with Crippen molar-refractivity contribution < 1.29 is 4.43 Å². The van der Waals surface area contributed by atoms with Gasteiger partial charge in [-0.2, -0.15) is 5.26 Å². The number of nitrogens with zero attached hydrogens (tertiary/aromatic N) is 3. The molecule has 146 valence electrons. The normalized spacial score (nSPS) is 12.9. The molecule has 0 aliphatic heterocycles. The molecule has 28 heavy (non-hydrogen) atoms. The molecule has 0 aliphatic rings. The number of halogens is 2. The summed E-state index contributed by atoms with van der Waals surface area (Å²) < 4.78 is 9.22. The Labute approximate surface area is 174 Å². The lowest BCUT2D eigenvalue weighted by molar-refractivity contribution is 0.226. The van der Waals surface area contributed by atoms with Crippen molar-refractivity contribution >= 4 is 42.6 Å². The lowest BCUT2D eigenvalue weighted by Crippen LogP contribution is -2.36. The van der Waals surface area contributed by atoms with Crippen LogP contribution in [0.15, 0.2) is 47.3 Å². The molecule has 0 bridgehead atoms. The number of nitriles is 1. The minimum absolute atomic E-state index is 0.188. The molecule has 1 aromatic heterocycles. The monoisotopic (exact) mass is 433 g/mol. The highest BCUT2D eigenvalue weighted by Crippen LogP contribution is 2.24. The van der Waals surface area contributed by atoms with Crippen LogP contribution < -0.4 is 5.69 Å². The molecule has 1 heterocycles. The summed E-state index contributed by atoms with van der Waals surface area (Å²) in [5, 5.41) is 10.4. The van der Waals surface area contributed by atoms with Gasteiger partial charge in [-0.3, -0.25) is 9.13 Å². The number of aromatic nitrogens is 2. The Balaban J connectivity index is 2.03. The van der Waals surface area contributed by atoms with Crippen LogP contribution in [0.2, 0.25) is 29.7 Å². The summed E-state index contributed by atoms with van der Waals surface area (Å²) in [4.78, 5) is 13.2. The lowest BCUT2D eigenvalue weighted by Gasteiger charge is -2.21. The first-order chi connectivity index (χ1) is 13.2. The molecular formula is C20H21Cl2N3O2Si. The van der Waals surface area contributed by atoms with Crippen molar-refractivity contribution in [2.45, 2.75) is 38.8 Å². The molecule has 0 amide bonds. The lowest BCUT2D eigenvalue weighted by atomic mass is 10.2. The minimum Gasteiger partial charge on any atom is -0.401 e. The molecule has 1 atom stereocenters. The van der Waals surface area contributed by atoms with Gasteiger partial charge in [0.15, 0.2) is 14.4 Å². The highest BCUT2D eigenvalue weighted by Gasteiger charge is 2.23. The van der Waals surface area contributed by atoms with E-state index < -0.39 is 14.4 Å². The molecule has 0 saturated heterocycles. The first-order valence-corrected chi connectivity index (χ1v) is 13.1. The molecule has 0 saturated carbocycles. The molecule has 2 aromatic carbocycles. The summed E-state index contributed by atoms with van der Waals surface area (Å²) in [5.74, 6) is 0. The summed E-state index contributed by atoms with van der Waals surface area (Å²) in [7, 11) is -1.92. The predicted octanol–water partition coefficient (Wildman–Crippen LogP) is 4.90. The molecule has 5 nitrogen and oxygen atoms in total. The van der Waals surface area contributed by atoms with Crippen LogP contribution in [-0.4, -0.2) is 23.6 Å². The fraction of sp³-hybridized carbons (Fsp3) is 0.300. The van der Waals surface area contributed by atoms with E-state index in [1.165, 1.54) is 0 Å². The molecular weight excluding hydrogens is 413 g/mol. The molecule has 0 N–H and O–H groups in total. The van der Waals surface area contributed by atoms with Gasteiger partial charge in [-0.1, -0.05) is 41.4 Å². The van der Waals surface area contributed by atoms with Gasteiger partial charge < -0.3 is 4.43 Å². The Hall–Kier alpha value is -2.04. The quantitative estimate of drug-likeness (QED) is 0.519. The largest absolute Gasteiger partial charge is 0.401 e. The molecule has 3 rings (SSSR count). The van der Waals surface area contributed by atoms with Crippen LogP contribution in [0, 0.1) is 11.3 Å². The fourth-order valence-electron chi connectivity index (χ4n) is 3.12. The fourth-order valence-corrected chi connectivity index (χ4v) is 4.42. The smallest absolute Gasteiger partial charge is 0.329 e. The molecule has 0 spiro atoms. The topological polar surface area (TPSA) is 59.9 Å². The standard InChI is InChI=1S/C20H21Cl2N3O2Si/c1-28(2,3)27-15(11-23)13-25-19-7-5-4-6-18(19)24(20(25)26)12-14-8-9-16(21)17(22)10-14/h4-10,15H,12-13H2,1-3H3. The minimum atomic E-state index is -1.92. The van der Waals surface area contributed by atoms with Gasteiger partial charge in [-0.05, 0) is 49.5 Å². The van der Waals surface area contributed by atoms with Gasteiger partial charge in [-0.15, -0.1) is 0 Å². The van der Waals surface area contributed by atoms with Gasteiger partial charge in [0.25, 0.3) is 0 Å². The second-order valence-electron chi connectivity index (χ2n) is 7.56. The van der Waals surface area contributed by atoms with Gasteiger partial charge in [0.2, 0.25) is 0 Å². The molecule has 0 fully saturated rings. The van der Waals surface area contributed by atoms with E-state index in [4.69, 9.17) is 27.6 Å². The average Bonchev–Trinajstić information content (AvgIpc) is 2.89. The number of hydrogen-bond acceptors (Lipinski definition) is 3. The van der Waals surface area contributed by atoms with Gasteiger partial charge >= 0.3 is 5.69 Å². The second-order valence-corrected chi connectivity index (χ2v) is 12.8. The Morgan fingerprint density at radius 1 is 1.07 bits per heavy atom. The van der Waals surface area contributed by atoms with Crippen molar-refractivity contribution in [2.75, 3.05) is 0 Å². The number of rotatable bonds is 6. The first-order valence-electron chi connectivity index (χ1n) is 8.89. The summed E-state index contributed by atoms with van der Waals surface area (Å²) in [6, 6.07) is 15.0. The highest BCUT2D eigenvalue weighted by molar-refractivity contribution is 6.69. The summed E-state index contributed by atoms with van der Waals surface area (Å²) in [6.45, 7) is 6.61. The summed E-state index contributed by atoms with van der Waals surface area (Å²) >= 11 is 12.1. The third-order valence-corrected chi connectivity index (χ3v) is 5.97. The Kier molecular flexibility index (Phi) is 6.01. The van der Waals surface area contributed by atoms with Crippen LogP contribution in [0.4, 0.5) is 0 Å². The van der Waals surface area contributed by atoms with E-state index in [0.29, 0.717) is 16.6 Å². The number of para-hydroxylation sites is 2. The molecule has 0 aliphatic carbocycles. The van der Waals surface area contributed by atoms with Crippen molar-refractivity contribution in [1.29, 1.82) is 5.26 Å². The van der Waals surface area contributed by atoms with Crippen LogP contribution in [-0.2, 0) is 17.5 Å². The van der Waals surface area contributed by atoms with Gasteiger partial charge in [-0.25, -0.2) is 4.79 Å². The maximum Gasteiger partial charge on any atom is 0.329 e. The van der Waals surface area contributed by atoms with E-state index >= 15 is 0 Å². The van der Waals surface area contributed by atoms with Crippen LogP contribution >= 0.6 is 23.2 Å². The zero-order valence-corrected chi connectivity index (χ0v) is 18.5. The molecule has 1 unspecified atom stereocenters. The van der Waals surface area contributed by atoms with Crippen molar-refractivity contribution in [3.05, 3.63) is 68.6 Å². The summed E-state index contributed by atoms with van der Waals surface area (Å²) in [5.41, 5.74) is 2.25. The maximum atomic E-state index is 13.2. The number of imidazole rings is 1. The average molecular weight is 434 g/mol. The van der Waals surface area contributed by atoms with Crippen LogP contribution in [0.1, 0.15) is 5.56 Å². The summed E-state index contributed by atoms with van der Waals surface area (Å²) in [6.07, 6.45) is -0.673. The van der Waals surface area contributed by atoms with Crippen molar-refractivity contribution in [2.24, 2.45) is 0 Å². The first kappa shape index (κ1) is 20.7. The van der Waals surface area contributed by atoms with E-state index in [-0.39, 0.29) is 12.2 Å². The Morgan fingerprint density at radius 2 is 1.71 bits per heavy atom. The van der Waals surface area contributed by atoms with Gasteiger partial charge in [0.05, 0.1) is 40.2 Å². The highest BCUT2D eigenvalue weighted by atomic mass is 35.5. The molecule has 3 aromatic rings. The van der Waals surface area contributed by atoms with Gasteiger partial charge in [0.1, 0.15) is 0 Å². The second kappa shape index (κ2) is 8.14. The third kappa shape index (κ3) is 4.50. The van der Waals surface area contributed by atoms with Crippen molar-refractivity contribution in [3.63, 3.8) is 0 Å². The number of hydrogen-bond donors (Lipinski definition) is 0. The number of benzene rings is 2. The van der Waals surface area contributed by atoms with E-state index in [2.05, 4.69) is 6.07 Å². The molecule has 8 heteroatoms. The van der Waals surface area contributed by atoms with E-state index in [1.807, 2.05) is 50.0 Å². The van der Waals surface area contributed by atoms with Crippen molar-refractivity contribution in [3.8, 4) is 6.07 Å². The predicted molar refractivity (Wildman–Crippen MR) is 116 cm³/mol.